The van der Waals surface area contributed by atoms with Crippen molar-refractivity contribution in [2.45, 2.75) is 45.6 Å². The van der Waals surface area contributed by atoms with Crippen LogP contribution in [-0.4, -0.2) is 17.7 Å². The Labute approximate surface area is 172 Å². The molecule has 0 aliphatic carbocycles. The highest BCUT2D eigenvalue weighted by molar-refractivity contribution is 6.01. The van der Waals surface area contributed by atoms with E-state index in [1.54, 1.807) is 6.92 Å². The summed E-state index contributed by atoms with van der Waals surface area (Å²) >= 11 is 0. The number of nitrogens with one attached hydrogen (secondary N) is 1. The lowest BCUT2D eigenvalue weighted by atomic mass is 10.0. The second kappa shape index (κ2) is 10.4. The van der Waals surface area contributed by atoms with Crippen LogP contribution in [-0.2, 0) is 4.79 Å². The van der Waals surface area contributed by atoms with Gasteiger partial charge >= 0.3 is 0 Å². The number of hydrogen-bond acceptors (Lipinski definition) is 3. The van der Waals surface area contributed by atoms with Crippen LogP contribution in [0.25, 0.3) is 10.8 Å². The van der Waals surface area contributed by atoms with Gasteiger partial charge in [-0.2, -0.15) is 5.10 Å². The van der Waals surface area contributed by atoms with Crippen molar-refractivity contribution >= 4 is 22.4 Å². The lowest BCUT2D eigenvalue weighted by molar-refractivity contribution is -0.127. The molecule has 4 nitrogen and oxygen atoms in total. The summed E-state index contributed by atoms with van der Waals surface area (Å²) < 4.78 is 5.84. The first-order valence-corrected chi connectivity index (χ1v) is 10.2. The number of hydrazone groups is 1. The van der Waals surface area contributed by atoms with Crippen molar-refractivity contribution in [1.82, 2.24) is 5.43 Å². The second-order valence-corrected chi connectivity index (χ2v) is 7.13. The number of benzene rings is 3. The lowest BCUT2D eigenvalue weighted by Crippen LogP contribution is -2.34. The Morgan fingerprint density at radius 1 is 0.966 bits per heavy atom. The van der Waals surface area contributed by atoms with Crippen LogP contribution in [0.3, 0.4) is 0 Å². The normalized spacial score (nSPS) is 12.6. The standard InChI is InChI=1S/C25H28N2O2/c1-3-4-6-15-24(21-12-7-5-8-13-21)26-27-25(28)19(2)29-23-17-16-20-11-9-10-14-22(20)18-23/h5,7-14,16-19H,3-4,6,15H2,1-2H3,(H,27,28). The van der Waals surface area contributed by atoms with Crippen molar-refractivity contribution in [3.8, 4) is 5.75 Å². The van der Waals surface area contributed by atoms with E-state index in [1.807, 2.05) is 72.8 Å². The summed E-state index contributed by atoms with van der Waals surface area (Å²) in [6.07, 6.45) is 3.51. The average molecular weight is 389 g/mol. The van der Waals surface area contributed by atoms with E-state index in [0.717, 1.165) is 47.7 Å². The van der Waals surface area contributed by atoms with Gasteiger partial charge in [0.2, 0.25) is 0 Å². The monoisotopic (exact) mass is 388 g/mol. The summed E-state index contributed by atoms with van der Waals surface area (Å²) in [6.45, 7) is 3.91. The maximum atomic E-state index is 12.5. The van der Waals surface area contributed by atoms with Gasteiger partial charge in [-0.3, -0.25) is 4.79 Å². The Morgan fingerprint density at radius 2 is 1.69 bits per heavy atom. The van der Waals surface area contributed by atoms with E-state index in [1.165, 1.54) is 0 Å². The Balaban J connectivity index is 1.65. The van der Waals surface area contributed by atoms with Crippen LogP contribution in [0.1, 0.15) is 45.1 Å². The zero-order valence-corrected chi connectivity index (χ0v) is 17.1. The van der Waals surface area contributed by atoms with Crippen molar-refractivity contribution in [2.75, 3.05) is 0 Å². The molecule has 0 saturated carbocycles. The van der Waals surface area contributed by atoms with E-state index >= 15 is 0 Å². The van der Waals surface area contributed by atoms with Crippen molar-refractivity contribution in [3.05, 3.63) is 78.4 Å². The van der Waals surface area contributed by atoms with Crippen molar-refractivity contribution in [1.29, 1.82) is 0 Å². The minimum atomic E-state index is -0.646. The summed E-state index contributed by atoms with van der Waals surface area (Å²) in [5.74, 6) is 0.406. The fourth-order valence-electron chi connectivity index (χ4n) is 3.15. The molecule has 1 unspecified atom stereocenters. The number of carbonyl (C=O) groups is 1. The van der Waals surface area contributed by atoms with Gasteiger partial charge in [-0.25, -0.2) is 5.43 Å². The van der Waals surface area contributed by atoms with Gasteiger partial charge in [0, 0.05) is 0 Å². The van der Waals surface area contributed by atoms with Gasteiger partial charge < -0.3 is 4.74 Å². The SMILES string of the molecule is CCCCCC(=NNC(=O)C(C)Oc1ccc2ccccc2c1)c1ccccc1. The quantitative estimate of drug-likeness (QED) is 0.290. The van der Waals surface area contributed by atoms with Crippen LogP contribution in [0.4, 0.5) is 0 Å². The van der Waals surface area contributed by atoms with Crippen molar-refractivity contribution < 1.29 is 9.53 Å². The molecule has 1 atom stereocenters. The van der Waals surface area contributed by atoms with E-state index < -0.39 is 6.10 Å². The fraction of sp³-hybridized carbons (Fsp3) is 0.280. The maximum Gasteiger partial charge on any atom is 0.280 e. The zero-order valence-electron chi connectivity index (χ0n) is 17.1. The highest BCUT2D eigenvalue weighted by atomic mass is 16.5. The van der Waals surface area contributed by atoms with Crippen LogP contribution in [0, 0.1) is 0 Å². The highest BCUT2D eigenvalue weighted by Gasteiger charge is 2.15. The third-order valence-electron chi connectivity index (χ3n) is 4.83. The Morgan fingerprint density at radius 3 is 2.45 bits per heavy atom. The number of rotatable bonds is 9. The predicted molar refractivity (Wildman–Crippen MR) is 119 cm³/mol. The smallest absolute Gasteiger partial charge is 0.280 e. The molecule has 0 aliphatic rings. The van der Waals surface area contributed by atoms with Crippen molar-refractivity contribution in [3.63, 3.8) is 0 Å². The van der Waals surface area contributed by atoms with Crippen LogP contribution in [0.5, 0.6) is 5.75 Å². The molecule has 0 aromatic heterocycles. The first kappa shape index (κ1) is 20.6. The lowest BCUT2D eigenvalue weighted by Gasteiger charge is -2.14. The number of hydrogen-bond donors (Lipinski definition) is 1. The molecule has 0 saturated heterocycles. The molecule has 3 aromatic carbocycles. The van der Waals surface area contributed by atoms with Crippen molar-refractivity contribution in [2.24, 2.45) is 5.10 Å². The molecule has 0 spiro atoms. The fourth-order valence-corrected chi connectivity index (χ4v) is 3.15. The van der Waals surface area contributed by atoms with E-state index in [-0.39, 0.29) is 5.91 Å². The maximum absolute atomic E-state index is 12.5. The van der Waals surface area contributed by atoms with Gasteiger partial charge in [0.1, 0.15) is 5.75 Å². The molecule has 3 aromatic rings. The molecule has 150 valence electrons. The van der Waals surface area contributed by atoms with Gasteiger partial charge in [0.25, 0.3) is 5.91 Å². The summed E-state index contributed by atoms with van der Waals surface area (Å²) in [6, 6.07) is 23.9. The molecule has 1 amide bonds. The largest absolute Gasteiger partial charge is 0.481 e. The zero-order chi connectivity index (χ0) is 20.5. The first-order valence-electron chi connectivity index (χ1n) is 10.2. The number of fused-ring (bicyclic) bond motifs is 1. The third-order valence-corrected chi connectivity index (χ3v) is 4.83. The Bertz CT molecular complexity index is 967. The summed E-state index contributed by atoms with van der Waals surface area (Å²) in [5.41, 5.74) is 4.62. The Kier molecular flexibility index (Phi) is 7.40. The first-order chi connectivity index (χ1) is 14.2. The van der Waals surface area contributed by atoms with Gasteiger partial charge in [0.15, 0.2) is 6.10 Å². The summed E-state index contributed by atoms with van der Waals surface area (Å²) in [7, 11) is 0. The van der Waals surface area contributed by atoms with Gasteiger partial charge in [0.05, 0.1) is 5.71 Å². The molecule has 0 aliphatic heterocycles. The van der Waals surface area contributed by atoms with Crippen LogP contribution in [0.15, 0.2) is 77.9 Å². The molecule has 29 heavy (non-hydrogen) atoms. The predicted octanol–water partition coefficient (Wildman–Crippen LogP) is 5.71. The number of ether oxygens (including phenoxy) is 1. The van der Waals surface area contributed by atoms with E-state index in [9.17, 15) is 4.79 Å². The second-order valence-electron chi connectivity index (χ2n) is 7.13. The van der Waals surface area contributed by atoms with Crippen LogP contribution in [0.2, 0.25) is 0 Å². The number of nitrogens with zero attached hydrogens (tertiary/aromatic N) is 1. The molecular weight excluding hydrogens is 360 g/mol. The molecule has 3 rings (SSSR count). The van der Waals surface area contributed by atoms with Gasteiger partial charge in [-0.1, -0.05) is 80.4 Å². The third kappa shape index (κ3) is 5.92. The van der Waals surface area contributed by atoms with Gasteiger partial charge in [-0.15, -0.1) is 0 Å². The molecule has 0 radical (unpaired) electrons. The minimum Gasteiger partial charge on any atom is -0.481 e. The molecule has 4 heteroatoms. The van der Waals surface area contributed by atoms with Gasteiger partial charge in [-0.05, 0) is 48.2 Å². The highest BCUT2D eigenvalue weighted by Crippen LogP contribution is 2.21. The summed E-state index contributed by atoms with van der Waals surface area (Å²) in [5, 5.41) is 6.64. The number of carbonyl (C=O) groups excluding carboxylic acids is 1. The number of amides is 1. The summed E-state index contributed by atoms with van der Waals surface area (Å²) in [4.78, 5) is 12.5. The topological polar surface area (TPSA) is 50.7 Å². The van der Waals surface area contributed by atoms with E-state index in [0.29, 0.717) is 5.75 Å². The van der Waals surface area contributed by atoms with E-state index in [2.05, 4.69) is 17.5 Å². The molecular formula is C25H28N2O2. The number of unbranched alkanes of at least 4 members (excludes halogenated alkanes) is 2. The molecule has 1 N–H and O–H groups in total. The van der Waals surface area contributed by atoms with Crippen LogP contribution >= 0.6 is 0 Å². The molecule has 0 heterocycles. The minimum absolute atomic E-state index is 0.262. The van der Waals surface area contributed by atoms with E-state index in [4.69, 9.17) is 4.74 Å². The Hall–Kier alpha value is -3.14. The average Bonchev–Trinajstić information content (AvgIpc) is 2.76. The molecule has 0 bridgehead atoms. The molecule has 0 fully saturated rings. The van der Waals surface area contributed by atoms with Crippen LogP contribution < -0.4 is 10.2 Å².